The molecule has 0 aliphatic rings. The summed E-state index contributed by atoms with van der Waals surface area (Å²) >= 11 is 0. The second kappa shape index (κ2) is 8.65. The third kappa shape index (κ3) is 4.31. The first-order valence-corrected chi connectivity index (χ1v) is 10.5. The molecule has 0 amide bonds. The van der Waals surface area contributed by atoms with Crippen molar-refractivity contribution < 1.29 is 4.74 Å². The summed E-state index contributed by atoms with van der Waals surface area (Å²) in [5.74, 6) is 0.828. The van der Waals surface area contributed by atoms with Crippen molar-refractivity contribution in [3.8, 4) is 5.75 Å². The van der Waals surface area contributed by atoms with Crippen LogP contribution in [0.2, 0.25) is 0 Å². The Bertz CT molecular complexity index is 1270. The predicted molar refractivity (Wildman–Crippen MR) is 133 cm³/mol. The summed E-state index contributed by atoms with van der Waals surface area (Å²) in [4.78, 5) is 4.72. The van der Waals surface area contributed by atoms with E-state index in [1.807, 2.05) is 30.5 Å². The molecule has 4 aromatic rings. The smallest absolute Gasteiger partial charge is 0.119 e. The van der Waals surface area contributed by atoms with Gasteiger partial charge in [-0.3, -0.25) is 4.99 Å². The molecule has 1 N–H and O–H groups in total. The van der Waals surface area contributed by atoms with Crippen LogP contribution in [0.5, 0.6) is 5.75 Å². The van der Waals surface area contributed by atoms with Crippen molar-refractivity contribution in [2.45, 2.75) is 27.7 Å². The summed E-state index contributed by atoms with van der Waals surface area (Å²) in [6.45, 7) is 8.59. The minimum Gasteiger partial charge on any atom is -0.497 e. The molecule has 0 atom stereocenters. The number of methoxy groups -OCH3 is 1. The van der Waals surface area contributed by atoms with Crippen molar-refractivity contribution in [2.75, 3.05) is 12.4 Å². The Morgan fingerprint density at radius 3 is 2.29 bits per heavy atom. The van der Waals surface area contributed by atoms with E-state index in [0.717, 1.165) is 28.4 Å². The standard InChI is InChI=1S/C28H28N2O/c1-18-15-21(4)27(23(16-18)17-29-24-11-13-25(31-5)14-12-24)30-28-20(3)9-10-22-8-6-7-19(2)26(22)28/h6-17,30H,1-5H3. The number of ether oxygens (including phenoxy) is 1. The van der Waals surface area contributed by atoms with Crippen molar-refractivity contribution in [1.29, 1.82) is 0 Å². The summed E-state index contributed by atoms with van der Waals surface area (Å²) in [5, 5.41) is 6.27. The van der Waals surface area contributed by atoms with Gasteiger partial charge in [-0.05, 0) is 80.1 Å². The average molecular weight is 409 g/mol. The minimum absolute atomic E-state index is 0.828. The Labute approximate surface area is 184 Å². The van der Waals surface area contributed by atoms with E-state index in [1.165, 1.54) is 33.0 Å². The fourth-order valence-electron chi connectivity index (χ4n) is 4.04. The Hall–Kier alpha value is -3.59. The molecule has 0 spiro atoms. The first kappa shape index (κ1) is 20.7. The molecule has 0 radical (unpaired) electrons. The van der Waals surface area contributed by atoms with Gasteiger partial charge in [0.1, 0.15) is 5.75 Å². The molecular weight excluding hydrogens is 380 g/mol. The number of aliphatic imine (C=N–C) groups is 1. The van der Waals surface area contributed by atoms with Gasteiger partial charge in [-0.15, -0.1) is 0 Å². The molecule has 0 unspecified atom stereocenters. The van der Waals surface area contributed by atoms with Gasteiger partial charge in [0.15, 0.2) is 0 Å². The maximum absolute atomic E-state index is 5.24. The molecule has 0 bridgehead atoms. The van der Waals surface area contributed by atoms with Crippen LogP contribution in [0, 0.1) is 27.7 Å². The van der Waals surface area contributed by atoms with E-state index in [4.69, 9.17) is 9.73 Å². The number of aryl methyl sites for hydroxylation is 4. The largest absolute Gasteiger partial charge is 0.497 e. The third-order valence-corrected chi connectivity index (χ3v) is 5.65. The number of hydrogen-bond donors (Lipinski definition) is 1. The van der Waals surface area contributed by atoms with Gasteiger partial charge in [0, 0.05) is 22.9 Å². The van der Waals surface area contributed by atoms with Crippen LogP contribution in [0.1, 0.15) is 27.8 Å². The fraction of sp³-hybridized carbons (Fsp3) is 0.179. The van der Waals surface area contributed by atoms with Crippen LogP contribution < -0.4 is 10.1 Å². The topological polar surface area (TPSA) is 33.6 Å². The highest BCUT2D eigenvalue weighted by molar-refractivity contribution is 6.01. The Morgan fingerprint density at radius 1 is 0.774 bits per heavy atom. The number of fused-ring (bicyclic) bond motifs is 1. The van der Waals surface area contributed by atoms with Crippen molar-refractivity contribution in [2.24, 2.45) is 4.99 Å². The van der Waals surface area contributed by atoms with Crippen LogP contribution in [0.4, 0.5) is 17.1 Å². The first-order valence-electron chi connectivity index (χ1n) is 10.5. The first-order chi connectivity index (χ1) is 15.0. The summed E-state index contributed by atoms with van der Waals surface area (Å²) < 4.78 is 5.24. The molecule has 0 saturated carbocycles. The number of anilines is 2. The van der Waals surface area contributed by atoms with E-state index in [2.05, 4.69) is 75.5 Å². The zero-order valence-electron chi connectivity index (χ0n) is 18.8. The Morgan fingerprint density at radius 2 is 1.55 bits per heavy atom. The molecule has 0 saturated heterocycles. The number of nitrogens with zero attached hydrogens (tertiary/aromatic N) is 1. The summed E-state index contributed by atoms with van der Waals surface area (Å²) in [5.41, 5.74) is 9.10. The zero-order chi connectivity index (χ0) is 22.0. The highest BCUT2D eigenvalue weighted by Gasteiger charge is 2.12. The van der Waals surface area contributed by atoms with E-state index in [-0.39, 0.29) is 0 Å². The molecular formula is C28H28N2O. The van der Waals surface area contributed by atoms with Crippen molar-refractivity contribution >= 4 is 34.0 Å². The number of nitrogens with one attached hydrogen (secondary N) is 1. The van der Waals surface area contributed by atoms with Gasteiger partial charge in [-0.1, -0.05) is 42.0 Å². The van der Waals surface area contributed by atoms with Crippen molar-refractivity contribution in [3.63, 3.8) is 0 Å². The molecule has 31 heavy (non-hydrogen) atoms. The van der Waals surface area contributed by atoms with E-state index in [9.17, 15) is 0 Å². The molecule has 4 rings (SSSR count). The van der Waals surface area contributed by atoms with Crippen LogP contribution >= 0.6 is 0 Å². The minimum atomic E-state index is 0.828. The van der Waals surface area contributed by atoms with Crippen LogP contribution in [0.3, 0.4) is 0 Å². The van der Waals surface area contributed by atoms with E-state index >= 15 is 0 Å². The maximum Gasteiger partial charge on any atom is 0.119 e. The number of rotatable bonds is 5. The quantitative estimate of drug-likeness (QED) is 0.345. The second-order valence-electron chi connectivity index (χ2n) is 8.06. The predicted octanol–water partition coefficient (Wildman–Crippen LogP) is 7.58. The lowest BCUT2D eigenvalue weighted by Gasteiger charge is -2.19. The van der Waals surface area contributed by atoms with Crippen molar-refractivity contribution in [3.05, 3.63) is 94.5 Å². The molecule has 3 nitrogen and oxygen atoms in total. The van der Waals surface area contributed by atoms with Gasteiger partial charge in [0.25, 0.3) is 0 Å². The van der Waals surface area contributed by atoms with Gasteiger partial charge in [0.05, 0.1) is 18.5 Å². The molecule has 4 aromatic carbocycles. The van der Waals surface area contributed by atoms with E-state index in [0.29, 0.717) is 0 Å². The molecule has 0 aromatic heterocycles. The molecule has 0 fully saturated rings. The van der Waals surface area contributed by atoms with Gasteiger partial charge >= 0.3 is 0 Å². The molecule has 0 aliphatic carbocycles. The molecule has 156 valence electrons. The Kier molecular flexibility index (Phi) is 5.77. The highest BCUT2D eigenvalue weighted by Crippen LogP contribution is 2.35. The third-order valence-electron chi connectivity index (χ3n) is 5.65. The van der Waals surface area contributed by atoms with Crippen LogP contribution in [0.25, 0.3) is 10.8 Å². The summed E-state index contributed by atoms with van der Waals surface area (Å²) in [6, 6.07) is 23.0. The average Bonchev–Trinajstić information content (AvgIpc) is 2.76. The van der Waals surface area contributed by atoms with Gasteiger partial charge < -0.3 is 10.1 Å². The number of hydrogen-bond acceptors (Lipinski definition) is 3. The van der Waals surface area contributed by atoms with E-state index in [1.54, 1.807) is 7.11 Å². The SMILES string of the molecule is COc1ccc(N=Cc2cc(C)cc(C)c2Nc2c(C)ccc3cccc(C)c23)cc1. The zero-order valence-corrected chi connectivity index (χ0v) is 18.8. The van der Waals surface area contributed by atoms with Gasteiger partial charge in [-0.25, -0.2) is 0 Å². The Balaban J connectivity index is 1.79. The molecule has 0 aliphatic heterocycles. The lowest BCUT2D eigenvalue weighted by atomic mass is 9.99. The normalized spacial score (nSPS) is 11.3. The van der Waals surface area contributed by atoms with Crippen molar-refractivity contribution in [1.82, 2.24) is 0 Å². The maximum atomic E-state index is 5.24. The van der Waals surface area contributed by atoms with Crippen LogP contribution in [-0.2, 0) is 0 Å². The fourth-order valence-corrected chi connectivity index (χ4v) is 4.04. The van der Waals surface area contributed by atoms with Crippen LogP contribution in [-0.4, -0.2) is 13.3 Å². The van der Waals surface area contributed by atoms with E-state index < -0.39 is 0 Å². The highest BCUT2D eigenvalue weighted by atomic mass is 16.5. The lowest BCUT2D eigenvalue weighted by Crippen LogP contribution is -2.02. The molecule has 0 heterocycles. The van der Waals surface area contributed by atoms with Gasteiger partial charge in [-0.2, -0.15) is 0 Å². The number of benzene rings is 4. The monoisotopic (exact) mass is 408 g/mol. The summed E-state index contributed by atoms with van der Waals surface area (Å²) in [6.07, 6.45) is 1.94. The lowest BCUT2D eigenvalue weighted by molar-refractivity contribution is 0.415. The summed E-state index contributed by atoms with van der Waals surface area (Å²) in [7, 11) is 1.67. The second-order valence-corrected chi connectivity index (χ2v) is 8.06. The van der Waals surface area contributed by atoms with Gasteiger partial charge in [0.2, 0.25) is 0 Å². The van der Waals surface area contributed by atoms with Crippen LogP contribution in [0.15, 0.2) is 71.7 Å². The molecule has 3 heteroatoms.